The van der Waals surface area contributed by atoms with E-state index in [9.17, 15) is 8.42 Å². The molecule has 2 rings (SSSR count). The Morgan fingerprint density at radius 2 is 1.79 bits per heavy atom. The summed E-state index contributed by atoms with van der Waals surface area (Å²) in [6.45, 7) is 2.59. The van der Waals surface area contributed by atoms with Gasteiger partial charge in [0.2, 0.25) is 0 Å². The Kier molecular flexibility index (Phi) is 2.33. The van der Waals surface area contributed by atoms with Crippen LogP contribution in [0.2, 0.25) is 0 Å². The minimum Gasteiger partial charge on any atom is -0.379 e. The summed E-state index contributed by atoms with van der Waals surface area (Å²) in [5, 5.41) is -0.342. The van der Waals surface area contributed by atoms with Crippen LogP contribution in [0.15, 0.2) is 29.2 Å². The second-order valence-corrected chi connectivity index (χ2v) is 5.75. The van der Waals surface area contributed by atoms with E-state index in [4.69, 9.17) is 4.74 Å². The topological polar surface area (TPSA) is 43.4 Å². The molecule has 1 aromatic carbocycles. The van der Waals surface area contributed by atoms with Crippen LogP contribution in [0.1, 0.15) is 5.56 Å². The molecule has 1 aliphatic heterocycles. The lowest BCUT2D eigenvalue weighted by atomic mass is 10.2. The van der Waals surface area contributed by atoms with E-state index < -0.39 is 9.84 Å². The predicted molar refractivity (Wildman–Crippen MR) is 53.0 cm³/mol. The number of sulfone groups is 1. The third kappa shape index (κ3) is 1.55. The van der Waals surface area contributed by atoms with Gasteiger partial charge in [0.25, 0.3) is 0 Å². The highest BCUT2D eigenvalue weighted by atomic mass is 32.2. The smallest absolute Gasteiger partial charge is 0.185 e. The summed E-state index contributed by atoms with van der Waals surface area (Å²) >= 11 is 0. The van der Waals surface area contributed by atoms with Gasteiger partial charge in [0.1, 0.15) is 5.25 Å². The lowest BCUT2D eigenvalue weighted by molar-refractivity contribution is 0.0416. The molecule has 0 N–H and O–H groups in total. The second kappa shape index (κ2) is 3.37. The first-order valence-corrected chi connectivity index (χ1v) is 6.03. The van der Waals surface area contributed by atoms with Crippen molar-refractivity contribution in [3.05, 3.63) is 29.8 Å². The number of rotatable bonds is 2. The normalized spacial score (nSPS) is 17.8. The van der Waals surface area contributed by atoms with Gasteiger partial charge in [-0.3, -0.25) is 0 Å². The maximum atomic E-state index is 11.8. The van der Waals surface area contributed by atoms with E-state index in [0.29, 0.717) is 18.1 Å². The summed E-state index contributed by atoms with van der Waals surface area (Å²) in [7, 11) is -3.14. The van der Waals surface area contributed by atoms with Crippen LogP contribution in [0.5, 0.6) is 0 Å². The molecule has 1 saturated heterocycles. The molecule has 0 atom stereocenters. The van der Waals surface area contributed by atoms with E-state index in [1.807, 2.05) is 19.1 Å². The first kappa shape index (κ1) is 9.68. The van der Waals surface area contributed by atoms with Crippen molar-refractivity contribution in [1.82, 2.24) is 0 Å². The summed E-state index contributed by atoms with van der Waals surface area (Å²) in [6, 6.07) is 6.94. The van der Waals surface area contributed by atoms with Crippen molar-refractivity contribution < 1.29 is 13.2 Å². The fourth-order valence-corrected chi connectivity index (χ4v) is 2.76. The molecule has 1 aliphatic rings. The SMILES string of the molecule is Cc1ccc(S(=O)(=O)C2COC2)cc1. The lowest BCUT2D eigenvalue weighted by Gasteiger charge is -2.25. The molecule has 1 aromatic rings. The van der Waals surface area contributed by atoms with Crippen LogP contribution in [0.4, 0.5) is 0 Å². The van der Waals surface area contributed by atoms with E-state index in [1.165, 1.54) is 0 Å². The van der Waals surface area contributed by atoms with Gasteiger partial charge in [-0.25, -0.2) is 8.42 Å². The van der Waals surface area contributed by atoms with Gasteiger partial charge < -0.3 is 4.74 Å². The second-order valence-electron chi connectivity index (χ2n) is 3.52. The van der Waals surface area contributed by atoms with Gasteiger partial charge in [-0.15, -0.1) is 0 Å². The van der Waals surface area contributed by atoms with Crippen LogP contribution < -0.4 is 0 Å². The number of aryl methyl sites for hydroxylation is 1. The molecule has 0 bridgehead atoms. The van der Waals surface area contributed by atoms with E-state index in [0.717, 1.165) is 5.56 Å². The van der Waals surface area contributed by atoms with Crippen LogP contribution in [0.3, 0.4) is 0 Å². The minimum atomic E-state index is -3.14. The quantitative estimate of drug-likeness (QED) is 0.739. The van der Waals surface area contributed by atoms with Gasteiger partial charge in [-0.1, -0.05) is 17.7 Å². The Morgan fingerprint density at radius 3 is 2.21 bits per heavy atom. The molecule has 1 heterocycles. The van der Waals surface area contributed by atoms with Gasteiger partial charge in [0.15, 0.2) is 9.84 Å². The Hall–Kier alpha value is -0.870. The fraction of sp³-hybridized carbons (Fsp3) is 0.400. The van der Waals surface area contributed by atoms with Crippen molar-refractivity contribution >= 4 is 9.84 Å². The first-order valence-electron chi connectivity index (χ1n) is 4.49. The van der Waals surface area contributed by atoms with Crippen LogP contribution in [-0.2, 0) is 14.6 Å². The van der Waals surface area contributed by atoms with Crippen molar-refractivity contribution in [3.63, 3.8) is 0 Å². The number of hydrogen-bond donors (Lipinski definition) is 0. The van der Waals surface area contributed by atoms with Gasteiger partial charge in [-0.05, 0) is 19.1 Å². The van der Waals surface area contributed by atoms with Crippen LogP contribution in [0.25, 0.3) is 0 Å². The first-order chi connectivity index (χ1) is 6.60. The zero-order chi connectivity index (χ0) is 10.2. The maximum Gasteiger partial charge on any atom is 0.185 e. The molecular weight excluding hydrogens is 200 g/mol. The summed E-state index contributed by atoms with van der Waals surface area (Å²) in [4.78, 5) is 0.399. The summed E-state index contributed by atoms with van der Waals surface area (Å²) in [5.41, 5.74) is 1.06. The van der Waals surface area contributed by atoms with Gasteiger partial charge in [-0.2, -0.15) is 0 Å². The van der Waals surface area contributed by atoms with Crippen molar-refractivity contribution in [2.45, 2.75) is 17.1 Å². The predicted octanol–water partition coefficient (Wildman–Crippen LogP) is 1.17. The summed E-state index contributed by atoms with van der Waals surface area (Å²) < 4.78 is 28.6. The van der Waals surface area contributed by atoms with E-state index in [1.54, 1.807) is 12.1 Å². The molecule has 4 heteroatoms. The van der Waals surface area contributed by atoms with Crippen molar-refractivity contribution in [2.75, 3.05) is 13.2 Å². The molecule has 14 heavy (non-hydrogen) atoms. The highest BCUT2D eigenvalue weighted by Crippen LogP contribution is 2.21. The third-order valence-electron chi connectivity index (χ3n) is 2.40. The Labute approximate surface area is 83.6 Å². The molecule has 0 amide bonds. The maximum absolute atomic E-state index is 11.8. The van der Waals surface area contributed by atoms with Crippen LogP contribution >= 0.6 is 0 Å². The summed E-state index contributed by atoms with van der Waals surface area (Å²) in [5.74, 6) is 0. The third-order valence-corrected chi connectivity index (χ3v) is 4.47. The number of hydrogen-bond acceptors (Lipinski definition) is 3. The van der Waals surface area contributed by atoms with Gasteiger partial charge >= 0.3 is 0 Å². The Morgan fingerprint density at radius 1 is 1.21 bits per heavy atom. The zero-order valence-corrected chi connectivity index (χ0v) is 8.75. The molecule has 0 aromatic heterocycles. The largest absolute Gasteiger partial charge is 0.379 e. The Balaban J connectivity index is 2.34. The molecule has 0 saturated carbocycles. The standard InChI is InChI=1S/C10H12O3S/c1-8-2-4-9(5-3-8)14(11,12)10-6-13-7-10/h2-5,10H,6-7H2,1H3. The average Bonchev–Trinajstić information content (AvgIpc) is 2.00. The molecule has 0 radical (unpaired) electrons. The number of ether oxygens (including phenoxy) is 1. The Bertz CT molecular complexity index is 415. The van der Waals surface area contributed by atoms with Crippen molar-refractivity contribution in [1.29, 1.82) is 0 Å². The van der Waals surface area contributed by atoms with Crippen molar-refractivity contribution in [2.24, 2.45) is 0 Å². The highest BCUT2D eigenvalue weighted by molar-refractivity contribution is 7.92. The van der Waals surface area contributed by atoms with Gasteiger partial charge in [0, 0.05) is 0 Å². The molecule has 3 nitrogen and oxygen atoms in total. The highest BCUT2D eigenvalue weighted by Gasteiger charge is 2.33. The van der Waals surface area contributed by atoms with E-state index in [-0.39, 0.29) is 5.25 Å². The average molecular weight is 212 g/mol. The monoisotopic (exact) mass is 212 g/mol. The summed E-state index contributed by atoms with van der Waals surface area (Å²) in [6.07, 6.45) is 0. The van der Waals surface area contributed by atoms with E-state index >= 15 is 0 Å². The van der Waals surface area contributed by atoms with Crippen LogP contribution in [0, 0.1) is 6.92 Å². The molecule has 0 unspecified atom stereocenters. The minimum absolute atomic E-state index is 0.330. The molecular formula is C10H12O3S. The fourth-order valence-electron chi connectivity index (χ4n) is 1.31. The molecule has 0 spiro atoms. The van der Waals surface area contributed by atoms with Crippen molar-refractivity contribution in [3.8, 4) is 0 Å². The lowest BCUT2D eigenvalue weighted by Crippen LogP contribution is -2.40. The van der Waals surface area contributed by atoms with Crippen LogP contribution in [-0.4, -0.2) is 26.9 Å². The van der Waals surface area contributed by atoms with Gasteiger partial charge in [0.05, 0.1) is 18.1 Å². The number of benzene rings is 1. The molecule has 1 fully saturated rings. The molecule has 0 aliphatic carbocycles. The molecule has 76 valence electrons. The zero-order valence-electron chi connectivity index (χ0n) is 7.93. The van der Waals surface area contributed by atoms with E-state index in [2.05, 4.69) is 0 Å².